The standard InChI is InChI=1S/C15H33N/c1-6-10-11-14(7-2)12-15(8-3)13(5)16-9-4/h13-16H,6-12H2,1-5H3. The van der Waals surface area contributed by atoms with Gasteiger partial charge in [0.2, 0.25) is 0 Å². The zero-order valence-electron chi connectivity index (χ0n) is 12.2. The second kappa shape index (κ2) is 10.1. The Bertz CT molecular complexity index is 144. The van der Waals surface area contributed by atoms with Crippen LogP contribution in [0.25, 0.3) is 0 Å². The Hall–Kier alpha value is -0.0400. The van der Waals surface area contributed by atoms with E-state index in [1.165, 1.54) is 38.5 Å². The molecule has 0 spiro atoms. The van der Waals surface area contributed by atoms with Gasteiger partial charge < -0.3 is 5.32 Å². The summed E-state index contributed by atoms with van der Waals surface area (Å²) in [5, 5.41) is 3.58. The molecular weight excluding hydrogens is 194 g/mol. The highest BCUT2D eigenvalue weighted by Crippen LogP contribution is 2.25. The van der Waals surface area contributed by atoms with Gasteiger partial charge in [-0.2, -0.15) is 0 Å². The fraction of sp³-hybridized carbons (Fsp3) is 1.00. The highest BCUT2D eigenvalue weighted by atomic mass is 14.9. The van der Waals surface area contributed by atoms with E-state index < -0.39 is 0 Å². The summed E-state index contributed by atoms with van der Waals surface area (Å²) < 4.78 is 0. The lowest BCUT2D eigenvalue weighted by atomic mass is 9.84. The van der Waals surface area contributed by atoms with Crippen molar-refractivity contribution in [2.45, 2.75) is 79.2 Å². The molecule has 1 nitrogen and oxygen atoms in total. The van der Waals surface area contributed by atoms with Gasteiger partial charge in [-0.3, -0.25) is 0 Å². The molecule has 16 heavy (non-hydrogen) atoms. The first kappa shape index (κ1) is 16.0. The van der Waals surface area contributed by atoms with Crippen LogP contribution in [0.4, 0.5) is 0 Å². The van der Waals surface area contributed by atoms with E-state index in [0.29, 0.717) is 6.04 Å². The Morgan fingerprint density at radius 2 is 1.69 bits per heavy atom. The van der Waals surface area contributed by atoms with Crippen molar-refractivity contribution in [3.63, 3.8) is 0 Å². The van der Waals surface area contributed by atoms with Crippen LogP contribution in [0.1, 0.15) is 73.1 Å². The molecule has 0 radical (unpaired) electrons. The zero-order valence-corrected chi connectivity index (χ0v) is 12.2. The lowest BCUT2D eigenvalue weighted by molar-refractivity contribution is 0.276. The van der Waals surface area contributed by atoms with Gasteiger partial charge in [-0.1, -0.05) is 59.8 Å². The molecule has 0 aromatic heterocycles. The lowest BCUT2D eigenvalue weighted by Crippen LogP contribution is -2.34. The van der Waals surface area contributed by atoms with Crippen LogP contribution in [-0.2, 0) is 0 Å². The molecule has 3 unspecified atom stereocenters. The average molecular weight is 227 g/mol. The molecule has 3 atom stereocenters. The molecule has 0 amide bonds. The summed E-state index contributed by atoms with van der Waals surface area (Å²) in [7, 11) is 0. The summed E-state index contributed by atoms with van der Waals surface area (Å²) in [6.07, 6.45) is 8.27. The number of rotatable bonds is 10. The largest absolute Gasteiger partial charge is 0.314 e. The Labute approximate surface area is 103 Å². The highest BCUT2D eigenvalue weighted by Gasteiger charge is 2.18. The maximum absolute atomic E-state index is 3.58. The molecule has 0 aromatic carbocycles. The first-order valence-corrected chi connectivity index (χ1v) is 7.42. The molecule has 1 N–H and O–H groups in total. The minimum absolute atomic E-state index is 0.686. The SMILES string of the molecule is CCCCC(CC)CC(CC)C(C)NCC. The molecule has 0 rings (SSSR count). The van der Waals surface area contributed by atoms with Gasteiger partial charge in [0.1, 0.15) is 0 Å². The summed E-state index contributed by atoms with van der Waals surface area (Å²) in [4.78, 5) is 0. The number of unbranched alkanes of at least 4 members (excludes halogenated alkanes) is 1. The predicted molar refractivity (Wildman–Crippen MR) is 74.8 cm³/mol. The molecule has 0 aliphatic heterocycles. The molecule has 0 aromatic rings. The number of nitrogens with one attached hydrogen (secondary N) is 1. The molecular formula is C15H33N. The normalized spacial score (nSPS) is 17.1. The molecule has 0 saturated carbocycles. The van der Waals surface area contributed by atoms with E-state index >= 15 is 0 Å². The molecule has 0 aliphatic rings. The topological polar surface area (TPSA) is 12.0 Å². The Morgan fingerprint density at radius 3 is 2.12 bits per heavy atom. The van der Waals surface area contributed by atoms with Gasteiger partial charge in [0.15, 0.2) is 0 Å². The van der Waals surface area contributed by atoms with Crippen LogP contribution in [0.5, 0.6) is 0 Å². The minimum Gasteiger partial charge on any atom is -0.314 e. The van der Waals surface area contributed by atoms with Crippen LogP contribution in [0.15, 0.2) is 0 Å². The Balaban J connectivity index is 4.04. The van der Waals surface area contributed by atoms with Crippen molar-refractivity contribution < 1.29 is 0 Å². The van der Waals surface area contributed by atoms with E-state index in [9.17, 15) is 0 Å². The summed E-state index contributed by atoms with van der Waals surface area (Å²) in [6.45, 7) is 12.6. The van der Waals surface area contributed by atoms with Gasteiger partial charge in [-0.05, 0) is 31.7 Å². The smallest absolute Gasteiger partial charge is 0.00668 e. The van der Waals surface area contributed by atoms with Gasteiger partial charge in [0.25, 0.3) is 0 Å². The van der Waals surface area contributed by atoms with E-state index in [1.807, 2.05) is 0 Å². The second-order valence-electron chi connectivity index (χ2n) is 5.17. The van der Waals surface area contributed by atoms with Gasteiger partial charge in [-0.25, -0.2) is 0 Å². The molecule has 0 bridgehead atoms. The van der Waals surface area contributed by atoms with Gasteiger partial charge >= 0.3 is 0 Å². The van der Waals surface area contributed by atoms with Crippen molar-refractivity contribution >= 4 is 0 Å². The lowest BCUT2D eigenvalue weighted by Gasteiger charge is -2.27. The zero-order chi connectivity index (χ0) is 12.4. The third-order valence-electron chi connectivity index (χ3n) is 3.94. The summed E-state index contributed by atoms with van der Waals surface area (Å²) in [5.74, 6) is 1.81. The fourth-order valence-electron chi connectivity index (χ4n) is 2.62. The quantitative estimate of drug-likeness (QED) is 0.574. The van der Waals surface area contributed by atoms with Crippen molar-refractivity contribution in [1.82, 2.24) is 5.32 Å². The van der Waals surface area contributed by atoms with E-state index in [0.717, 1.165) is 18.4 Å². The molecule has 98 valence electrons. The summed E-state index contributed by atoms with van der Waals surface area (Å²) in [5.41, 5.74) is 0. The first-order chi connectivity index (χ1) is 7.69. The maximum atomic E-state index is 3.58. The molecule has 0 heterocycles. The Kier molecular flexibility index (Phi) is 10.1. The van der Waals surface area contributed by atoms with E-state index in [1.54, 1.807) is 0 Å². The van der Waals surface area contributed by atoms with E-state index in [-0.39, 0.29) is 0 Å². The number of hydrogen-bond donors (Lipinski definition) is 1. The van der Waals surface area contributed by atoms with Crippen LogP contribution in [0.3, 0.4) is 0 Å². The highest BCUT2D eigenvalue weighted by molar-refractivity contribution is 4.74. The third kappa shape index (κ3) is 6.52. The third-order valence-corrected chi connectivity index (χ3v) is 3.94. The van der Waals surface area contributed by atoms with Crippen molar-refractivity contribution in [3.05, 3.63) is 0 Å². The van der Waals surface area contributed by atoms with Crippen LogP contribution < -0.4 is 5.32 Å². The van der Waals surface area contributed by atoms with E-state index in [4.69, 9.17) is 0 Å². The van der Waals surface area contributed by atoms with Crippen LogP contribution in [0.2, 0.25) is 0 Å². The van der Waals surface area contributed by atoms with Crippen molar-refractivity contribution in [3.8, 4) is 0 Å². The molecule has 1 heteroatoms. The first-order valence-electron chi connectivity index (χ1n) is 7.42. The Morgan fingerprint density at radius 1 is 1.00 bits per heavy atom. The summed E-state index contributed by atoms with van der Waals surface area (Å²) >= 11 is 0. The van der Waals surface area contributed by atoms with Crippen LogP contribution >= 0.6 is 0 Å². The van der Waals surface area contributed by atoms with Crippen molar-refractivity contribution in [2.24, 2.45) is 11.8 Å². The van der Waals surface area contributed by atoms with Crippen molar-refractivity contribution in [2.75, 3.05) is 6.54 Å². The summed E-state index contributed by atoms with van der Waals surface area (Å²) in [6, 6.07) is 0.686. The van der Waals surface area contributed by atoms with Crippen LogP contribution in [-0.4, -0.2) is 12.6 Å². The molecule has 0 saturated heterocycles. The van der Waals surface area contributed by atoms with Gasteiger partial charge in [-0.15, -0.1) is 0 Å². The van der Waals surface area contributed by atoms with E-state index in [2.05, 4.69) is 39.9 Å². The minimum atomic E-state index is 0.686. The van der Waals surface area contributed by atoms with Crippen LogP contribution in [0, 0.1) is 11.8 Å². The monoisotopic (exact) mass is 227 g/mol. The fourth-order valence-corrected chi connectivity index (χ4v) is 2.62. The number of hydrogen-bond acceptors (Lipinski definition) is 1. The van der Waals surface area contributed by atoms with Gasteiger partial charge in [0.05, 0.1) is 0 Å². The molecule has 0 fully saturated rings. The average Bonchev–Trinajstić information content (AvgIpc) is 2.30. The second-order valence-corrected chi connectivity index (χ2v) is 5.17. The predicted octanol–water partition coefficient (Wildman–Crippen LogP) is 4.62. The van der Waals surface area contributed by atoms with Crippen molar-refractivity contribution in [1.29, 1.82) is 0 Å². The van der Waals surface area contributed by atoms with Gasteiger partial charge in [0, 0.05) is 6.04 Å². The maximum Gasteiger partial charge on any atom is 0.00668 e. The molecule has 0 aliphatic carbocycles.